The van der Waals surface area contributed by atoms with Crippen molar-refractivity contribution in [2.45, 2.75) is 46.1 Å². The zero-order chi connectivity index (χ0) is 16.8. The SMILES string of the molecule is CC(=O)N(CC(=O)Nc1ccc(N2CCCCC2)cc1)C(C)C. The summed E-state index contributed by atoms with van der Waals surface area (Å²) in [5, 5.41) is 2.86. The van der Waals surface area contributed by atoms with Gasteiger partial charge in [0.1, 0.15) is 6.54 Å². The molecule has 0 aliphatic carbocycles. The fraction of sp³-hybridized carbons (Fsp3) is 0.556. The first kappa shape index (κ1) is 17.3. The number of piperidine rings is 1. The molecule has 0 spiro atoms. The van der Waals surface area contributed by atoms with Gasteiger partial charge in [0, 0.05) is 37.4 Å². The second-order valence-corrected chi connectivity index (χ2v) is 6.38. The maximum absolute atomic E-state index is 12.1. The second kappa shape index (κ2) is 7.99. The lowest BCUT2D eigenvalue weighted by molar-refractivity contribution is -0.134. The lowest BCUT2D eigenvalue weighted by Crippen LogP contribution is -2.41. The fourth-order valence-electron chi connectivity index (χ4n) is 2.92. The van der Waals surface area contributed by atoms with Gasteiger partial charge in [-0.3, -0.25) is 9.59 Å². The van der Waals surface area contributed by atoms with E-state index in [1.54, 1.807) is 4.90 Å². The van der Waals surface area contributed by atoms with Gasteiger partial charge in [0.2, 0.25) is 11.8 Å². The maximum Gasteiger partial charge on any atom is 0.244 e. The molecular formula is C18H27N3O2. The highest BCUT2D eigenvalue weighted by Crippen LogP contribution is 2.21. The van der Waals surface area contributed by atoms with E-state index in [9.17, 15) is 9.59 Å². The Kier molecular flexibility index (Phi) is 6.02. The van der Waals surface area contributed by atoms with E-state index >= 15 is 0 Å². The van der Waals surface area contributed by atoms with Crippen molar-refractivity contribution in [1.29, 1.82) is 0 Å². The lowest BCUT2D eigenvalue weighted by atomic mass is 10.1. The molecule has 0 atom stereocenters. The van der Waals surface area contributed by atoms with E-state index in [1.807, 2.05) is 38.1 Å². The van der Waals surface area contributed by atoms with Crippen molar-refractivity contribution in [3.05, 3.63) is 24.3 Å². The quantitative estimate of drug-likeness (QED) is 0.908. The van der Waals surface area contributed by atoms with Crippen molar-refractivity contribution in [2.24, 2.45) is 0 Å². The Morgan fingerprint density at radius 3 is 2.26 bits per heavy atom. The average molecular weight is 317 g/mol. The van der Waals surface area contributed by atoms with Gasteiger partial charge < -0.3 is 15.1 Å². The Labute approximate surface area is 138 Å². The normalized spacial score (nSPS) is 14.7. The topological polar surface area (TPSA) is 52.7 Å². The van der Waals surface area contributed by atoms with Gasteiger partial charge in [-0.15, -0.1) is 0 Å². The summed E-state index contributed by atoms with van der Waals surface area (Å²) in [7, 11) is 0. The first-order valence-corrected chi connectivity index (χ1v) is 8.39. The molecule has 5 heteroatoms. The molecule has 1 aliphatic heterocycles. The molecule has 0 aromatic heterocycles. The Morgan fingerprint density at radius 1 is 1.13 bits per heavy atom. The van der Waals surface area contributed by atoms with Crippen LogP contribution < -0.4 is 10.2 Å². The molecule has 1 aliphatic rings. The van der Waals surface area contributed by atoms with Gasteiger partial charge in [0.25, 0.3) is 0 Å². The molecule has 2 amide bonds. The third-order valence-corrected chi connectivity index (χ3v) is 4.21. The van der Waals surface area contributed by atoms with Crippen LogP contribution in [0.4, 0.5) is 11.4 Å². The number of rotatable bonds is 5. The molecule has 0 bridgehead atoms. The first-order chi connectivity index (χ1) is 11.0. The minimum absolute atomic E-state index is 0.0136. The van der Waals surface area contributed by atoms with Crippen LogP contribution in [0.3, 0.4) is 0 Å². The van der Waals surface area contributed by atoms with E-state index in [0.717, 1.165) is 18.8 Å². The Bertz CT molecular complexity index is 534. The summed E-state index contributed by atoms with van der Waals surface area (Å²) in [4.78, 5) is 27.6. The van der Waals surface area contributed by atoms with Gasteiger partial charge >= 0.3 is 0 Å². The van der Waals surface area contributed by atoms with Gasteiger partial charge in [-0.2, -0.15) is 0 Å². The molecule has 1 fully saturated rings. The number of benzene rings is 1. The molecule has 1 heterocycles. The third-order valence-electron chi connectivity index (χ3n) is 4.21. The van der Waals surface area contributed by atoms with Crippen molar-refractivity contribution >= 4 is 23.2 Å². The molecule has 0 saturated carbocycles. The van der Waals surface area contributed by atoms with Gasteiger partial charge in [0.05, 0.1) is 0 Å². The molecule has 1 N–H and O–H groups in total. The van der Waals surface area contributed by atoms with Crippen LogP contribution in [0.25, 0.3) is 0 Å². The smallest absolute Gasteiger partial charge is 0.244 e. The highest BCUT2D eigenvalue weighted by molar-refractivity contribution is 5.94. The number of hydrogen-bond acceptors (Lipinski definition) is 3. The molecule has 126 valence electrons. The molecule has 23 heavy (non-hydrogen) atoms. The molecule has 5 nitrogen and oxygen atoms in total. The molecule has 0 radical (unpaired) electrons. The van der Waals surface area contributed by atoms with Crippen molar-refractivity contribution < 1.29 is 9.59 Å². The number of anilines is 2. The largest absolute Gasteiger partial charge is 0.372 e. The van der Waals surface area contributed by atoms with Crippen molar-refractivity contribution in [3.63, 3.8) is 0 Å². The summed E-state index contributed by atoms with van der Waals surface area (Å²) in [6.45, 7) is 7.59. The summed E-state index contributed by atoms with van der Waals surface area (Å²) in [5.74, 6) is -0.254. The number of hydrogen-bond donors (Lipinski definition) is 1. The van der Waals surface area contributed by atoms with E-state index in [-0.39, 0.29) is 24.4 Å². The van der Waals surface area contributed by atoms with Crippen LogP contribution in [0.15, 0.2) is 24.3 Å². The summed E-state index contributed by atoms with van der Waals surface area (Å²) < 4.78 is 0. The first-order valence-electron chi connectivity index (χ1n) is 8.39. The van der Waals surface area contributed by atoms with E-state index < -0.39 is 0 Å². The summed E-state index contributed by atoms with van der Waals surface area (Å²) in [5.41, 5.74) is 1.97. The number of carbonyl (C=O) groups excluding carboxylic acids is 2. The van der Waals surface area contributed by atoms with Gasteiger partial charge in [-0.1, -0.05) is 0 Å². The van der Waals surface area contributed by atoms with Crippen LogP contribution in [0.1, 0.15) is 40.0 Å². The van der Waals surface area contributed by atoms with Crippen LogP contribution >= 0.6 is 0 Å². The van der Waals surface area contributed by atoms with Crippen LogP contribution in [0.5, 0.6) is 0 Å². The second-order valence-electron chi connectivity index (χ2n) is 6.38. The third kappa shape index (κ3) is 4.98. The molecular weight excluding hydrogens is 290 g/mol. The van der Waals surface area contributed by atoms with Gasteiger partial charge in [-0.05, 0) is 57.4 Å². The number of nitrogens with zero attached hydrogens (tertiary/aromatic N) is 2. The monoisotopic (exact) mass is 317 g/mol. The average Bonchev–Trinajstić information content (AvgIpc) is 2.53. The fourth-order valence-corrected chi connectivity index (χ4v) is 2.92. The lowest BCUT2D eigenvalue weighted by Gasteiger charge is -2.29. The molecule has 2 rings (SSSR count). The van der Waals surface area contributed by atoms with E-state index in [4.69, 9.17) is 0 Å². The standard InChI is InChI=1S/C18H27N3O2/c1-14(2)21(15(3)22)13-18(23)19-16-7-9-17(10-8-16)20-11-5-4-6-12-20/h7-10,14H,4-6,11-13H2,1-3H3,(H,19,23). The zero-order valence-electron chi connectivity index (χ0n) is 14.3. The zero-order valence-corrected chi connectivity index (χ0v) is 14.3. The molecule has 1 aromatic carbocycles. The molecule has 1 saturated heterocycles. The minimum atomic E-state index is -0.167. The van der Waals surface area contributed by atoms with Crippen LogP contribution in [0.2, 0.25) is 0 Å². The van der Waals surface area contributed by atoms with E-state index in [1.165, 1.54) is 31.9 Å². The Balaban J connectivity index is 1.92. The van der Waals surface area contributed by atoms with Gasteiger partial charge in [0.15, 0.2) is 0 Å². The number of carbonyl (C=O) groups is 2. The van der Waals surface area contributed by atoms with Crippen molar-refractivity contribution in [2.75, 3.05) is 29.9 Å². The van der Waals surface area contributed by atoms with E-state index in [2.05, 4.69) is 10.2 Å². The van der Waals surface area contributed by atoms with Gasteiger partial charge in [-0.25, -0.2) is 0 Å². The highest BCUT2D eigenvalue weighted by Gasteiger charge is 2.17. The maximum atomic E-state index is 12.1. The van der Waals surface area contributed by atoms with Crippen LogP contribution in [-0.2, 0) is 9.59 Å². The highest BCUT2D eigenvalue weighted by atomic mass is 16.2. The van der Waals surface area contributed by atoms with Crippen molar-refractivity contribution in [3.8, 4) is 0 Å². The predicted molar refractivity (Wildman–Crippen MR) is 93.7 cm³/mol. The number of amides is 2. The minimum Gasteiger partial charge on any atom is -0.372 e. The summed E-state index contributed by atoms with van der Waals surface area (Å²) in [6.07, 6.45) is 3.80. The Morgan fingerprint density at radius 2 is 1.74 bits per heavy atom. The Hall–Kier alpha value is -2.04. The predicted octanol–water partition coefficient (Wildman–Crippen LogP) is 2.87. The summed E-state index contributed by atoms with van der Waals surface area (Å²) in [6, 6.07) is 7.96. The molecule has 0 unspecified atom stereocenters. The van der Waals surface area contributed by atoms with Crippen LogP contribution in [-0.4, -0.2) is 42.4 Å². The molecule has 1 aromatic rings. The summed E-state index contributed by atoms with van der Waals surface area (Å²) >= 11 is 0. The number of nitrogens with one attached hydrogen (secondary N) is 1. The van der Waals surface area contributed by atoms with Crippen molar-refractivity contribution in [1.82, 2.24) is 4.90 Å². The van der Waals surface area contributed by atoms with E-state index in [0.29, 0.717) is 0 Å². The van der Waals surface area contributed by atoms with Crippen LogP contribution in [0, 0.1) is 0 Å².